The van der Waals surface area contributed by atoms with Crippen molar-refractivity contribution < 1.29 is 14.3 Å². The zero-order valence-corrected chi connectivity index (χ0v) is 8.42. The van der Waals surface area contributed by atoms with E-state index in [2.05, 4.69) is 4.74 Å². The number of esters is 1. The van der Waals surface area contributed by atoms with Crippen molar-refractivity contribution >= 4 is 11.8 Å². The van der Waals surface area contributed by atoms with E-state index in [1.54, 1.807) is 0 Å². The molecule has 0 aromatic heterocycles. The minimum Gasteiger partial charge on any atom is -0.469 e. The van der Waals surface area contributed by atoms with E-state index in [0.29, 0.717) is 19.3 Å². The molecule has 1 unspecified atom stereocenters. The van der Waals surface area contributed by atoms with Crippen LogP contribution in [0.2, 0.25) is 0 Å². The van der Waals surface area contributed by atoms with Crippen LogP contribution in [0.4, 0.5) is 0 Å². The largest absolute Gasteiger partial charge is 0.469 e. The van der Waals surface area contributed by atoms with Crippen LogP contribution in [0.15, 0.2) is 0 Å². The Hall–Kier alpha value is -0.860. The van der Waals surface area contributed by atoms with Gasteiger partial charge in [-0.05, 0) is 12.8 Å². The van der Waals surface area contributed by atoms with Crippen LogP contribution in [-0.4, -0.2) is 18.9 Å². The van der Waals surface area contributed by atoms with E-state index in [4.69, 9.17) is 0 Å². The number of hydrogen-bond donors (Lipinski definition) is 0. The van der Waals surface area contributed by atoms with Crippen LogP contribution >= 0.6 is 0 Å². The molecule has 0 aliphatic heterocycles. The first-order valence-corrected chi connectivity index (χ1v) is 4.58. The zero-order valence-electron chi connectivity index (χ0n) is 8.42. The lowest BCUT2D eigenvalue weighted by molar-refractivity contribution is -0.149. The average molecular weight is 184 g/mol. The molecule has 0 amide bonds. The smallest absolute Gasteiger partial charge is 0.308 e. The summed E-state index contributed by atoms with van der Waals surface area (Å²) in [4.78, 5) is 22.6. The van der Waals surface area contributed by atoms with Gasteiger partial charge in [0, 0.05) is 11.8 Å². The second-order valence-corrected chi connectivity index (χ2v) is 4.27. The van der Waals surface area contributed by atoms with Gasteiger partial charge in [0.15, 0.2) is 0 Å². The Labute approximate surface area is 78.5 Å². The van der Waals surface area contributed by atoms with Gasteiger partial charge in [-0.15, -0.1) is 0 Å². The number of methoxy groups -OCH3 is 1. The lowest BCUT2D eigenvalue weighted by Gasteiger charge is -2.32. The van der Waals surface area contributed by atoms with Gasteiger partial charge in [-0.2, -0.15) is 0 Å². The average Bonchev–Trinajstić information content (AvgIpc) is 2.08. The van der Waals surface area contributed by atoms with Gasteiger partial charge in [0.1, 0.15) is 5.78 Å². The third kappa shape index (κ3) is 2.08. The van der Waals surface area contributed by atoms with Gasteiger partial charge in [0.2, 0.25) is 0 Å². The standard InChI is InChI=1S/C10H16O3/c1-10(2)6-7(9(12)13-3)4-5-8(10)11/h7H,4-6H2,1-3H3. The Morgan fingerprint density at radius 1 is 1.54 bits per heavy atom. The molecule has 3 nitrogen and oxygen atoms in total. The monoisotopic (exact) mass is 184 g/mol. The summed E-state index contributed by atoms with van der Waals surface area (Å²) >= 11 is 0. The molecule has 1 fully saturated rings. The summed E-state index contributed by atoms with van der Waals surface area (Å²) in [6, 6.07) is 0. The number of hydrogen-bond acceptors (Lipinski definition) is 3. The normalized spacial score (nSPS) is 27.0. The first kappa shape index (κ1) is 10.2. The van der Waals surface area contributed by atoms with Crippen LogP contribution in [-0.2, 0) is 14.3 Å². The highest BCUT2D eigenvalue weighted by molar-refractivity contribution is 5.87. The van der Waals surface area contributed by atoms with Crippen molar-refractivity contribution in [2.45, 2.75) is 33.1 Å². The molecule has 1 saturated carbocycles. The van der Waals surface area contributed by atoms with Gasteiger partial charge in [-0.3, -0.25) is 9.59 Å². The first-order valence-electron chi connectivity index (χ1n) is 4.58. The highest BCUT2D eigenvalue weighted by atomic mass is 16.5. The second-order valence-electron chi connectivity index (χ2n) is 4.27. The second kappa shape index (κ2) is 3.48. The third-order valence-electron chi connectivity index (χ3n) is 2.77. The lowest BCUT2D eigenvalue weighted by Crippen LogP contribution is -2.35. The summed E-state index contributed by atoms with van der Waals surface area (Å²) in [5.74, 6) is -0.00840. The van der Waals surface area contributed by atoms with Crippen LogP contribution in [0.25, 0.3) is 0 Å². The predicted octanol–water partition coefficient (Wildman–Crippen LogP) is 1.55. The van der Waals surface area contributed by atoms with E-state index >= 15 is 0 Å². The molecule has 0 heterocycles. The van der Waals surface area contributed by atoms with Gasteiger partial charge in [-0.1, -0.05) is 13.8 Å². The van der Waals surface area contributed by atoms with Gasteiger partial charge >= 0.3 is 5.97 Å². The van der Waals surface area contributed by atoms with E-state index < -0.39 is 0 Å². The molecule has 13 heavy (non-hydrogen) atoms. The van der Waals surface area contributed by atoms with E-state index in [1.807, 2.05) is 13.8 Å². The summed E-state index contributed by atoms with van der Waals surface area (Å²) in [5.41, 5.74) is -0.350. The van der Waals surface area contributed by atoms with Crippen LogP contribution in [0.1, 0.15) is 33.1 Å². The number of carbonyl (C=O) groups is 2. The maximum absolute atomic E-state index is 11.4. The molecule has 1 aliphatic carbocycles. The van der Waals surface area contributed by atoms with E-state index in [0.717, 1.165) is 0 Å². The van der Waals surface area contributed by atoms with Crippen LogP contribution in [0.3, 0.4) is 0 Å². The molecule has 1 atom stereocenters. The van der Waals surface area contributed by atoms with E-state index in [1.165, 1.54) is 7.11 Å². The fraction of sp³-hybridized carbons (Fsp3) is 0.800. The Morgan fingerprint density at radius 2 is 2.15 bits per heavy atom. The number of ketones is 1. The summed E-state index contributed by atoms with van der Waals surface area (Å²) in [6.07, 6.45) is 1.78. The Morgan fingerprint density at radius 3 is 2.62 bits per heavy atom. The number of Topliss-reactive ketones (excluding diaryl/α,β-unsaturated/α-hetero) is 1. The zero-order chi connectivity index (χ0) is 10.1. The Balaban J connectivity index is 2.66. The SMILES string of the molecule is COC(=O)C1CCC(=O)C(C)(C)C1. The molecule has 0 aromatic carbocycles. The van der Waals surface area contributed by atoms with Gasteiger partial charge in [-0.25, -0.2) is 0 Å². The fourth-order valence-electron chi connectivity index (χ4n) is 1.84. The predicted molar refractivity (Wildman–Crippen MR) is 48.1 cm³/mol. The van der Waals surface area contributed by atoms with Crippen molar-refractivity contribution in [3.63, 3.8) is 0 Å². The number of carbonyl (C=O) groups excluding carboxylic acids is 2. The Bertz CT molecular complexity index is 230. The minimum atomic E-state index is -0.350. The van der Waals surface area contributed by atoms with Gasteiger partial charge in [0.25, 0.3) is 0 Å². The molecule has 1 aliphatic rings. The fourth-order valence-corrected chi connectivity index (χ4v) is 1.84. The van der Waals surface area contributed by atoms with Crippen molar-refractivity contribution in [1.29, 1.82) is 0 Å². The molecule has 0 aromatic rings. The van der Waals surface area contributed by atoms with Gasteiger partial charge < -0.3 is 4.74 Å². The topological polar surface area (TPSA) is 43.4 Å². The molecule has 0 bridgehead atoms. The van der Waals surface area contributed by atoms with Crippen molar-refractivity contribution in [2.75, 3.05) is 7.11 Å². The first-order chi connectivity index (χ1) is 5.97. The highest BCUT2D eigenvalue weighted by Crippen LogP contribution is 2.36. The van der Waals surface area contributed by atoms with E-state index in [9.17, 15) is 9.59 Å². The number of ether oxygens (including phenoxy) is 1. The molecule has 0 radical (unpaired) electrons. The van der Waals surface area contributed by atoms with Crippen molar-refractivity contribution in [2.24, 2.45) is 11.3 Å². The molecule has 1 rings (SSSR count). The quantitative estimate of drug-likeness (QED) is 0.581. The molecule has 0 saturated heterocycles. The molecular formula is C10H16O3. The van der Waals surface area contributed by atoms with Crippen LogP contribution in [0.5, 0.6) is 0 Å². The van der Waals surface area contributed by atoms with Crippen molar-refractivity contribution in [3.05, 3.63) is 0 Å². The van der Waals surface area contributed by atoms with Crippen LogP contribution in [0, 0.1) is 11.3 Å². The molecule has 74 valence electrons. The maximum atomic E-state index is 11.4. The Kier molecular flexibility index (Phi) is 2.74. The van der Waals surface area contributed by atoms with Gasteiger partial charge in [0.05, 0.1) is 13.0 Å². The van der Waals surface area contributed by atoms with Crippen molar-refractivity contribution in [1.82, 2.24) is 0 Å². The summed E-state index contributed by atoms with van der Waals surface area (Å²) in [5, 5.41) is 0. The minimum absolute atomic E-state index is 0.0855. The van der Waals surface area contributed by atoms with Crippen LogP contribution < -0.4 is 0 Å². The maximum Gasteiger partial charge on any atom is 0.308 e. The van der Waals surface area contributed by atoms with E-state index in [-0.39, 0.29) is 23.1 Å². The lowest BCUT2D eigenvalue weighted by atomic mass is 9.71. The summed E-state index contributed by atoms with van der Waals surface area (Å²) in [7, 11) is 1.39. The molecule has 0 N–H and O–H groups in total. The highest BCUT2D eigenvalue weighted by Gasteiger charge is 2.38. The molecule has 0 spiro atoms. The molecular weight excluding hydrogens is 168 g/mol. The molecule has 3 heteroatoms. The number of rotatable bonds is 1. The summed E-state index contributed by atoms with van der Waals surface area (Å²) < 4.78 is 4.67. The van der Waals surface area contributed by atoms with Crippen molar-refractivity contribution in [3.8, 4) is 0 Å². The third-order valence-corrected chi connectivity index (χ3v) is 2.77. The summed E-state index contributed by atoms with van der Waals surface area (Å²) in [6.45, 7) is 3.79.